The van der Waals surface area contributed by atoms with Crippen LogP contribution in [-0.2, 0) is 0 Å². The number of nitriles is 1. The Balaban J connectivity index is 3.24. The maximum absolute atomic E-state index is 12.3. The highest BCUT2D eigenvalue weighted by Gasteiger charge is 2.21. The normalized spacial score (nSPS) is 12.0. The molecule has 0 aliphatic carbocycles. The topological polar surface area (TPSA) is 50.1 Å². The Morgan fingerprint density at radius 3 is 2.56 bits per heavy atom. The van der Waals surface area contributed by atoms with Crippen molar-refractivity contribution in [2.75, 3.05) is 7.11 Å². The first-order valence-electron chi connectivity index (χ1n) is 6.16. The summed E-state index contributed by atoms with van der Waals surface area (Å²) in [7, 11) is 1.54. The second-order valence-corrected chi connectivity index (χ2v) is 4.57. The number of ketones is 1. The molecule has 3 heteroatoms. The summed E-state index contributed by atoms with van der Waals surface area (Å²) < 4.78 is 5.21. The van der Waals surface area contributed by atoms with Crippen LogP contribution in [0.25, 0.3) is 0 Å². The van der Waals surface area contributed by atoms with Gasteiger partial charge >= 0.3 is 0 Å². The molecule has 0 radical (unpaired) electrons. The van der Waals surface area contributed by atoms with Gasteiger partial charge < -0.3 is 4.74 Å². The van der Waals surface area contributed by atoms with E-state index >= 15 is 0 Å². The standard InChI is InChI=1S/C15H19NO2/c1-5-11(9-16)15(17)13-8-12(10(2)3)6-7-14(13)18-4/h6-8,10-11H,5H2,1-4H3. The molecular weight excluding hydrogens is 226 g/mol. The predicted octanol–water partition coefficient (Wildman–Crippen LogP) is 3.55. The molecule has 18 heavy (non-hydrogen) atoms. The fourth-order valence-corrected chi connectivity index (χ4v) is 1.80. The number of rotatable bonds is 5. The lowest BCUT2D eigenvalue weighted by atomic mass is 9.92. The Morgan fingerprint density at radius 1 is 1.44 bits per heavy atom. The van der Waals surface area contributed by atoms with Gasteiger partial charge in [0.25, 0.3) is 0 Å². The van der Waals surface area contributed by atoms with Crippen LogP contribution in [-0.4, -0.2) is 12.9 Å². The van der Waals surface area contributed by atoms with Crippen LogP contribution in [0.1, 0.15) is 49.0 Å². The van der Waals surface area contributed by atoms with Crippen LogP contribution in [0.4, 0.5) is 0 Å². The van der Waals surface area contributed by atoms with E-state index in [-0.39, 0.29) is 5.78 Å². The molecule has 1 atom stereocenters. The Kier molecular flexibility index (Phi) is 4.91. The number of methoxy groups -OCH3 is 1. The summed E-state index contributed by atoms with van der Waals surface area (Å²) in [5.74, 6) is 0.128. The van der Waals surface area contributed by atoms with Crippen molar-refractivity contribution in [3.05, 3.63) is 29.3 Å². The zero-order valence-electron chi connectivity index (χ0n) is 11.4. The van der Waals surface area contributed by atoms with Gasteiger partial charge in [0.05, 0.1) is 18.7 Å². The van der Waals surface area contributed by atoms with Crippen molar-refractivity contribution in [3.8, 4) is 11.8 Å². The van der Waals surface area contributed by atoms with Crippen LogP contribution in [0.5, 0.6) is 5.75 Å². The van der Waals surface area contributed by atoms with Crippen molar-refractivity contribution in [1.29, 1.82) is 5.26 Å². The van der Waals surface area contributed by atoms with E-state index in [2.05, 4.69) is 13.8 Å². The molecule has 0 heterocycles. The van der Waals surface area contributed by atoms with Gasteiger partial charge in [-0.2, -0.15) is 5.26 Å². The Bertz CT molecular complexity index is 472. The molecule has 0 bridgehead atoms. The summed E-state index contributed by atoms with van der Waals surface area (Å²) in [6.45, 7) is 5.97. The molecule has 0 saturated carbocycles. The van der Waals surface area contributed by atoms with Crippen LogP contribution in [0, 0.1) is 17.2 Å². The minimum absolute atomic E-state index is 0.153. The largest absolute Gasteiger partial charge is 0.496 e. The molecule has 1 aromatic rings. The third kappa shape index (κ3) is 2.89. The number of benzene rings is 1. The number of hydrogen-bond acceptors (Lipinski definition) is 3. The summed E-state index contributed by atoms with van der Waals surface area (Å²) >= 11 is 0. The summed E-state index contributed by atoms with van der Waals surface area (Å²) in [5, 5.41) is 8.99. The van der Waals surface area contributed by atoms with Gasteiger partial charge in [-0.3, -0.25) is 4.79 Å². The van der Waals surface area contributed by atoms with Gasteiger partial charge in [0.1, 0.15) is 11.7 Å². The van der Waals surface area contributed by atoms with E-state index in [9.17, 15) is 4.79 Å². The minimum Gasteiger partial charge on any atom is -0.496 e. The Hall–Kier alpha value is -1.82. The number of Topliss-reactive ketones (excluding diaryl/α,β-unsaturated/α-hetero) is 1. The third-order valence-electron chi connectivity index (χ3n) is 3.04. The number of carbonyl (C=O) groups excluding carboxylic acids is 1. The Morgan fingerprint density at radius 2 is 2.11 bits per heavy atom. The number of carbonyl (C=O) groups is 1. The van der Waals surface area contributed by atoms with Gasteiger partial charge in [0, 0.05) is 0 Å². The molecule has 1 aromatic carbocycles. The van der Waals surface area contributed by atoms with Gasteiger partial charge in [0.15, 0.2) is 5.78 Å². The summed E-state index contributed by atoms with van der Waals surface area (Å²) in [4.78, 5) is 12.3. The van der Waals surface area contributed by atoms with Crippen molar-refractivity contribution in [1.82, 2.24) is 0 Å². The molecule has 0 N–H and O–H groups in total. The highest BCUT2D eigenvalue weighted by atomic mass is 16.5. The number of hydrogen-bond donors (Lipinski definition) is 0. The molecule has 1 rings (SSSR count). The van der Waals surface area contributed by atoms with Crippen molar-refractivity contribution in [2.24, 2.45) is 5.92 Å². The second-order valence-electron chi connectivity index (χ2n) is 4.57. The van der Waals surface area contributed by atoms with Gasteiger partial charge in [-0.05, 0) is 30.0 Å². The van der Waals surface area contributed by atoms with Crippen LogP contribution in [0.3, 0.4) is 0 Å². The lowest BCUT2D eigenvalue weighted by Crippen LogP contribution is -2.13. The van der Waals surface area contributed by atoms with E-state index < -0.39 is 5.92 Å². The molecule has 0 aromatic heterocycles. The fourth-order valence-electron chi connectivity index (χ4n) is 1.80. The quantitative estimate of drug-likeness (QED) is 0.745. The molecule has 96 valence electrons. The number of ether oxygens (including phenoxy) is 1. The van der Waals surface area contributed by atoms with Gasteiger partial charge in [-0.25, -0.2) is 0 Å². The maximum atomic E-state index is 12.3. The molecule has 0 amide bonds. The van der Waals surface area contributed by atoms with E-state index in [1.54, 1.807) is 6.07 Å². The molecule has 1 unspecified atom stereocenters. The van der Waals surface area contributed by atoms with E-state index in [0.717, 1.165) is 5.56 Å². The molecule has 0 aliphatic heterocycles. The second kappa shape index (κ2) is 6.20. The van der Waals surface area contributed by atoms with E-state index in [1.165, 1.54) is 7.11 Å². The zero-order valence-corrected chi connectivity index (χ0v) is 11.4. The van der Waals surface area contributed by atoms with Crippen LogP contribution in [0.2, 0.25) is 0 Å². The van der Waals surface area contributed by atoms with Crippen molar-refractivity contribution < 1.29 is 9.53 Å². The summed E-state index contributed by atoms with van der Waals surface area (Å²) in [6.07, 6.45) is 0.518. The van der Waals surface area contributed by atoms with Crippen LogP contribution < -0.4 is 4.74 Å². The van der Waals surface area contributed by atoms with Crippen molar-refractivity contribution in [2.45, 2.75) is 33.1 Å². The molecular formula is C15H19NO2. The van der Waals surface area contributed by atoms with Gasteiger partial charge in [-0.15, -0.1) is 0 Å². The highest BCUT2D eigenvalue weighted by Crippen LogP contribution is 2.27. The van der Waals surface area contributed by atoms with Gasteiger partial charge in [-0.1, -0.05) is 26.8 Å². The average molecular weight is 245 g/mol. The molecule has 0 aliphatic rings. The molecule has 0 saturated heterocycles. The molecule has 3 nitrogen and oxygen atoms in total. The highest BCUT2D eigenvalue weighted by molar-refractivity contribution is 6.01. The summed E-state index contributed by atoms with van der Waals surface area (Å²) in [5.41, 5.74) is 1.59. The van der Waals surface area contributed by atoms with Crippen molar-refractivity contribution >= 4 is 5.78 Å². The van der Waals surface area contributed by atoms with Crippen LogP contribution >= 0.6 is 0 Å². The molecule has 0 fully saturated rings. The minimum atomic E-state index is -0.596. The van der Waals surface area contributed by atoms with Crippen LogP contribution in [0.15, 0.2) is 18.2 Å². The number of nitrogens with zero attached hydrogens (tertiary/aromatic N) is 1. The SMILES string of the molecule is CCC(C#N)C(=O)c1cc(C(C)C)ccc1OC. The third-order valence-corrected chi connectivity index (χ3v) is 3.04. The average Bonchev–Trinajstić information content (AvgIpc) is 2.39. The first-order valence-corrected chi connectivity index (χ1v) is 6.16. The predicted molar refractivity (Wildman–Crippen MR) is 70.8 cm³/mol. The Labute approximate surface area is 108 Å². The van der Waals surface area contributed by atoms with Gasteiger partial charge in [0.2, 0.25) is 0 Å². The first-order chi connectivity index (χ1) is 8.54. The van der Waals surface area contributed by atoms with E-state index in [4.69, 9.17) is 10.00 Å². The molecule has 0 spiro atoms. The maximum Gasteiger partial charge on any atom is 0.183 e. The monoisotopic (exact) mass is 245 g/mol. The van der Waals surface area contributed by atoms with E-state index in [1.807, 2.05) is 25.1 Å². The lowest BCUT2D eigenvalue weighted by Gasteiger charge is -2.13. The summed E-state index contributed by atoms with van der Waals surface area (Å²) in [6, 6.07) is 7.63. The van der Waals surface area contributed by atoms with Crippen molar-refractivity contribution in [3.63, 3.8) is 0 Å². The smallest absolute Gasteiger partial charge is 0.183 e. The first kappa shape index (κ1) is 14.2. The van der Waals surface area contributed by atoms with E-state index in [0.29, 0.717) is 23.7 Å². The lowest BCUT2D eigenvalue weighted by molar-refractivity contribution is 0.0943. The fraction of sp³-hybridized carbons (Fsp3) is 0.467. The zero-order chi connectivity index (χ0) is 13.7.